The summed E-state index contributed by atoms with van der Waals surface area (Å²) in [5.74, 6) is -0.222. The zero-order valence-electron chi connectivity index (χ0n) is 5.75. The van der Waals surface area contributed by atoms with Crippen molar-refractivity contribution in [2.75, 3.05) is 19.7 Å². The molecule has 1 aliphatic heterocycles. The van der Waals surface area contributed by atoms with Gasteiger partial charge < -0.3 is 16.2 Å². The second-order valence-corrected chi connectivity index (χ2v) is 2.47. The molecule has 1 aliphatic rings. The van der Waals surface area contributed by atoms with Crippen LogP contribution in [0.5, 0.6) is 0 Å². The maximum atomic E-state index is 10.8. The lowest BCUT2D eigenvalue weighted by atomic mass is 9.96. The summed E-state index contributed by atoms with van der Waals surface area (Å²) in [5.41, 5.74) is 10.7. The van der Waals surface area contributed by atoms with Gasteiger partial charge in [-0.25, -0.2) is 0 Å². The smallest absolute Gasteiger partial charge is 0.310 e. The van der Waals surface area contributed by atoms with Crippen LogP contribution in [0.3, 0.4) is 0 Å². The van der Waals surface area contributed by atoms with Gasteiger partial charge in [0.05, 0.1) is 12.5 Å². The minimum atomic E-state index is -0.196. The standard InChI is InChI=1S/C6H12N2O2/c7-1-4-3-10-6(9)5(4)2-8/h4-5H,1-3,7-8H2/t4-,5-/m1/s1. The first kappa shape index (κ1) is 7.50. The quantitative estimate of drug-likeness (QED) is 0.472. The van der Waals surface area contributed by atoms with Gasteiger partial charge in [-0.1, -0.05) is 0 Å². The number of esters is 1. The summed E-state index contributed by atoms with van der Waals surface area (Å²) in [4.78, 5) is 10.8. The van der Waals surface area contributed by atoms with Gasteiger partial charge in [0.2, 0.25) is 0 Å². The van der Waals surface area contributed by atoms with E-state index in [1.54, 1.807) is 0 Å². The molecule has 0 aliphatic carbocycles. The first-order valence-corrected chi connectivity index (χ1v) is 3.36. The third kappa shape index (κ3) is 1.12. The number of carbonyl (C=O) groups excluding carboxylic acids is 1. The van der Waals surface area contributed by atoms with E-state index < -0.39 is 0 Å². The van der Waals surface area contributed by atoms with Crippen LogP contribution in [-0.2, 0) is 9.53 Å². The minimum absolute atomic E-state index is 0.137. The van der Waals surface area contributed by atoms with Crippen molar-refractivity contribution >= 4 is 5.97 Å². The second kappa shape index (κ2) is 2.98. The molecule has 0 amide bonds. The average molecular weight is 144 g/mol. The SMILES string of the molecule is NC[C@@H]1COC(=O)[C@@H]1CN. The highest BCUT2D eigenvalue weighted by atomic mass is 16.5. The highest BCUT2D eigenvalue weighted by Gasteiger charge is 2.34. The first-order valence-electron chi connectivity index (χ1n) is 3.36. The van der Waals surface area contributed by atoms with E-state index in [0.717, 1.165) is 0 Å². The molecule has 2 atom stereocenters. The molecule has 0 aromatic carbocycles. The summed E-state index contributed by atoms with van der Waals surface area (Å²) in [7, 11) is 0. The van der Waals surface area contributed by atoms with Gasteiger partial charge in [0.15, 0.2) is 0 Å². The van der Waals surface area contributed by atoms with E-state index in [2.05, 4.69) is 0 Å². The predicted molar refractivity (Wildman–Crippen MR) is 36.0 cm³/mol. The maximum absolute atomic E-state index is 10.8. The molecule has 10 heavy (non-hydrogen) atoms. The highest BCUT2D eigenvalue weighted by molar-refractivity contribution is 5.75. The molecule has 1 rings (SSSR count). The predicted octanol–water partition coefficient (Wildman–Crippen LogP) is -1.31. The number of rotatable bonds is 2. The molecule has 4 N–H and O–H groups in total. The monoisotopic (exact) mass is 144 g/mol. The summed E-state index contributed by atoms with van der Waals surface area (Å²) >= 11 is 0. The fraction of sp³-hybridized carbons (Fsp3) is 0.833. The van der Waals surface area contributed by atoms with Crippen LogP contribution in [0.25, 0.3) is 0 Å². The van der Waals surface area contributed by atoms with Crippen molar-refractivity contribution in [2.24, 2.45) is 23.3 Å². The number of hydrogen-bond acceptors (Lipinski definition) is 4. The molecule has 0 aromatic rings. The zero-order chi connectivity index (χ0) is 7.56. The van der Waals surface area contributed by atoms with E-state index in [1.165, 1.54) is 0 Å². The van der Waals surface area contributed by atoms with Crippen LogP contribution in [0, 0.1) is 11.8 Å². The van der Waals surface area contributed by atoms with E-state index in [1.807, 2.05) is 0 Å². The number of ether oxygens (including phenoxy) is 1. The van der Waals surface area contributed by atoms with Gasteiger partial charge >= 0.3 is 5.97 Å². The largest absolute Gasteiger partial charge is 0.465 e. The molecule has 0 unspecified atom stereocenters. The Bertz CT molecular complexity index is 138. The fourth-order valence-electron chi connectivity index (χ4n) is 1.13. The maximum Gasteiger partial charge on any atom is 0.310 e. The van der Waals surface area contributed by atoms with Crippen LogP contribution in [0.2, 0.25) is 0 Å². The van der Waals surface area contributed by atoms with Crippen molar-refractivity contribution in [3.05, 3.63) is 0 Å². The molecule has 0 saturated carbocycles. The summed E-state index contributed by atoms with van der Waals surface area (Å²) in [5, 5.41) is 0. The van der Waals surface area contributed by atoms with Crippen molar-refractivity contribution in [3.63, 3.8) is 0 Å². The molecule has 0 bridgehead atoms. The number of cyclic esters (lactones) is 1. The minimum Gasteiger partial charge on any atom is -0.465 e. The summed E-state index contributed by atoms with van der Waals surface area (Å²) < 4.78 is 4.76. The van der Waals surface area contributed by atoms with Gasteiger partial charge in [-0.2, -0.15) is 0 Å². The summed E-state index contributed by atoms with van der Waals surface area (Å²) in [6.07, 6.45) is 0. The van der Waals surface area contributed by atoms with Crippen molar-refractivity contribution < 1.29 is 9.53 Å². The van der Waals surface area contributed by atoms with Gasteiger partial charge in [-0.05, 0) is 6.54 Å². The highest BCUT2D eigenvalue weighted by Crippen LogP contribution is 2.19. The van der Waals surface area contributed by atoms with Gasteiger partial charge in [-0.15, -0.1) is 0 Å². The van der Waals surface area contributed by atoms with Crippen molar-refractivity contribution in [3.8, 4) is 0 Å². The molecule has 1 heterocycles. The van der Waals surface area contributed by atoms with Gasteiger partial charge in [0.1, 0.15) is 0 Å². The first-order chi connectivity index (χ1) is 4.79. The molecule has 58 valence electrons. The Hall–Kier alpha value is -0.610. The molecule has 0 spiro atoms. The van der Waals surface area contributed by atoms with E-state index >= 15 is 0 Å². The molecule has 4 nitrogen and oxygen atoms in total. The fourth-order valence-corrected chi connectivity index (χ4v) is 1.13. The van der Waals surface area contributed by atoms with E-state index in [4.69, 9.17) is 16.2 Å². The van der Waals surface area contributed by atoms with Gasteiger partial charge in [-0.3, -0.25) is 4.79 Å². The van der Waals surface area contributed by atoms with Crippen LogP contribution >= 0.6 is 0 Å². The lowest BCUT2D eigenvalue weighted by Gasteiger charge is -2.08. The molecule has 1 fully saturated rings. The lowest BCUT2D eigenvalue weighted by Crippen LogP contribution is -2.29. The van der Waals surface area contributed by atoms with Crippen LogP contribution in [0.15, 0.2) is 0 Å². The topological polar surface area (TPSA) is 78.3 Å². The molecule has 4 heteroatoms. The summed E-state index contributed by atoms with van der Waals surface area (Å²) in [6, 6.07) is 0. The molecule has 0 aromatic heterocycles. The Morgan fingerprint density at radius 2 is 2.20 bits per heavy atom. The molecule has 0 radical (unpaired) electrons. The third-order valence-corrected chi connectivity index (χ3v) is 1.87. The third-order valence-electron chi connectivity index (χ3n) is 1.87. The molecule has 1 saturated heterocycles. The van der Waals surface area contributed by atoms with Gasteiger partial charge in [0.25, 0.3) is 0 Å². The van der Waals surface area contributed by atoms with Crippen molar-refractivity contribution in [1.29, 1.82) is 0 Å². The molecular formula is C6H12N2O2. The number of hydrogen-bond donors (Lipinski definition) is 2. The van der Waals surface area contributed by atoms with E-state index in [0.29, 0.717) is 19.7 Å². The number of nitrogens with two attached hydrogens (primary N) is 2. The van der Waals surface area contributed by atoms with Crippen LogP contribution in [0.4, 0.5) is 0 Å². The normalized spacial score (nSPS) is 32.4. The van der Waals surface area contributed by atoms with E-state index in [9.17, 15) is 4.79 Å². The summed E-state index contributed by atoms with van der Waals surface area (Å²) in [6.45, 7) is 1.27. The van der Waals surface area contributed by atoms with Gasteiger partial charge in [0, 0.05) is 12.5 Å². The zero-order valence-corrected chi connectivity index (χ0v) is 5.75. The Balaban J connectivity index is 2.54. The Kier molecular flexibility index (Phi) is 2.24. The Labute approximate surface area is 59.5 Å². The van der Waals surface area contributed by atoms with Crippen molar-refractivity contribution in [1.82, 2.24) is 0 Å². The van der Waals surface area contributed by atoms with Crippen LogP contribution in [-0.4, -0.2) is 25.7 Å². The number of carbonyl (C=O) groups is 1. The molecular weight excluding hydrogens is 132 g/mol. The van der Waals surface area contributed by atoms with Crippen LogP contribution in [0.1, 0.15) is 0 Å². The van der Waals surface area contributed by atoms with Crippen molar-refractivity contribution in [2.45, 2.75) is 0 Å². The van der Waals surface area contributed by atoms with Crippen LogP contribution < -0.4 is 11.5 Å². The Morgan fingerprint density at radius 3 is 2.60 bits per heavy atom. The average Bonchev–Trinajstić information content (AvgIpc) is 2.30. The second-order valence-electron chi connectivity index (χ2n) is 2.47. The Morgan fingerprint density at radius 1 is 1.50 bits per heavy atom. The lowest BCUT2D eigenvalue weighted by molar-refractivity contribution is -0.140. The van der Waals surface area contributed by atoms with E-state index in [-0.39, 0.29) is 17.8 Å².